The highest BCUT2D eigenvalue weighted by Crippen LogP contribution is 2.35. The van der Waals surface area contributed by atoms with Gasteiger partial charge in [-0.1, -0.05) is 11.6 Å². The van der Waals surface area contributed by atoms with E-state index < -0.39 is 24.0 Å². The van der Waals surface area contributed by atoms with Crippen molar-refractivity contribution in [2.45, 2.75) is 44.4 Å². The molecule has 3 aromatic heterocycles. The van der Waals surface area contributed by atoms with Crippen molar-refractivity contribution in [3.63, 3.8) is 0 Å². The summed E-state index contributed by atoms with van der Waals surface area (Å²) in [6.07, 6.45) is -1.96. The van der Waals surface area contributed by atoms with Gasteiger partial charge in [0.2, 0.25) is 0 Å². The molecule has 2 fully saturated rings. The molecule has 0 aromatic carbocycles. The van der Waals surface area contributed by atoms with Crippen LogP contribution in [-0.4, -0.2) is 57.3 Å². The van der Waals surface area contributed by atoms with Crippen molar-refractivity contribution in [1.29, 1.82) is 0 Å². The van der Waals surface area contributed by atoms with E-state index in [2.05, 4.69) is 40.2 Å². The number of hydrogen-bond donors (Lipinski definition) is 4. The quantitative estimate of drug-likeness (QED) is 0.464. The summed E-state index contributed by atoms with van der Waals surface area (Å²) in [6.45, 7) is 5.13. The van der Waals surface area contributed by atoms with E-state index in [-0.39, 0.29) is 19.2 Å². The molecule has 3 aromatic rings. The minimum Gasteiger partial charge on any atom is -0.456 e. The maximum absolute atomic E-state index is 9.98. The van der Waals surface area contributed by atoms with E-state index in [1.807, 2.05) is 0 Å². The summed E-state index contributed by atoms with van der Waals surface area (Å²) >= 11 is 8.14. The minimum absolute atomic E-state index is 0.108. The number of ether oxygens (including phenoxy) is 3. The summed E-state index contributed by atoms with van der Waals surface area (Å²) in [7, 11) is 0. The number of hydrogen-bond acceptors (Lipinski definition) is 9. The number of fused-ring (bicyclic) bond motifs is 2. The molecule has 5 N–H and O–H groups in total. The molecule has 2 aliphatic rings. The number of thiophene rings is 1. The number of imidazole rings is 1. The fourth-order valence-electron chi connectivity index (χ4n) is 3.76. The standard InChI is InChI=1S/C19H22ClN5O4S/c1-8-3-10(30-9(8)2)5-22-16-11(20)4-12-17(24-16)25-18(23-12)29-13-6-28-19(21)14(26)7-27-15(13)19/h3-4,13-15,26H,5-7,21H2,1-2H3,(H2,22,23,24,25)/t13-,14-,15-,19-/m1/s1. The molecule has 0 amide bonds. The largest absolute Gasteiger partial charge is 0.456 e. The molecule has 2 saturated heterocycles. The zero-order valence-corrected chi connectivity index (χ0v) is 18.0. The fourth-order valence-corrected chi connectivity index (χ4v) is 4.97. The van der Waals surface area contributed by atoms with Crippen LogP contribution in [0.3, 0.4) is 0 Å². The Bertz CT molecular complexity index is 1080. The van der Waals surface area contributed by atoms with Crippen LogP contribution in [0, 0.1) is 13.8 Å². The lowest BCUT2D eigenvalue weighted by molar-refractivity contribution is -0.0715. The summed E-state index contributed by atoms with van der Waals surface area (Å²) in [5, 5.41) is 13.7. The Labute approximate surface area is 181 Å². The van der Waals surface area contributed by atoms with Crippen LogP contribution < -0.4 is 15.8 Å². The number of aromatic amines is 1. The third kappa shape index (κ3) is 3.33. The van der Waals surface area contributed by atoms with Gasteiger partial charge in [0.25, 0.3) is 6.01 Å². The van der Waals surface area contributed by atoms with Gasteiger partial charge in [0.1, 0.15) is 18.0 Å². The number of H-pyrrole nitrogens is 1. The van der Waals surface area contributed by atoms with E-state index in [1.54, 1.807) is 17.4 Å². The molecule has 0 radical (unpaired) electrons. The van der Waals surface area contributed by atoms with Gasteiger partial charge in [0, 0.05) is 9.75 Å². The zero-order valence-electron chi connectivity index (χ0n) is 16.4. The number of aromatic nitrogens is 3. The van der Waals surface area contributed by atoms with Crippen LogP contribution in [0.4, 0.5) is 5.82 Å². The summed E-state index contributed by atoms with van der Waals surface area (Å²) in [6, 6.07) is 4.17. The van der Waals surface area contributed by atoms with Crippen LogP contribution in [0.2, 0.25) is 5.02 Å². The number of rotatable bonds is 5. The first-order chi connectivity index (χ1) is 14.3. The lowest BCUT2D eigenvalue weighted by Crippen LogP contribution is -2.55. The van der Waals surface area contributed by atoms with Gasteiger partial charge in [-0.15, -0.1) is 11.3 Å². The number of aryl methyl sites for hydroxylation is 2. The monoisotopic (exact) mass is 451 g/mol. The highest BCUT2D eigenvalue weighted by atomic mass is 35.5. The van der Waals surface area contributed by atoms with E-state index in [0.29, 0.717) is 28.5 Å². The summed E-state index contributed by atoms with van der Waals surface area (Å²) in [4.78, 5) is 14.5. The van der Waals surface area contributed by atoms with Gasteiger partial charge >= 0.3 is 0 Å². The van der Waals surface area contributed by atoms with Crippen LogP contribution >= 0.6 is 22.9 Å². The van der Waals surface area contributed by atoms with Crippen molar-refractivity contribution in [1.82, 2.24) is 15.0 Å². The van der Waals surface area contributed by atoms with E-state index in [0.717, 1.165) is 0 Å². The molecule has 2 aliphatic heterocycles. The first-order valence-electron chi connectivity index (χ1n) is 9.58. The average molecular weight is 452 g/mol. The predicted octanol–water partition coefficient (Wildman–Crippen LogP) is 2.09. The lowest BCUT2D eigenvalue weighted by atomic mass is 10.0. The third-order valence-corrected chi connectivity index (χ3v) is 6.99. The Morgan fingerprint density at radius 2 is 2.23 bits per heavy atom. The smallest absolute Gasteiger partial charge is 0.296 e. The maximum Gasteiger partial charge on any atom is 0.296 e. The normalized spacial score (nSPS) is 28.2. The van der Waals surface area contributed by atoms with E-state index in [9.17, 15) is 5.11 Å². The molecule has 11 heteroatoms. The second-order valence-electron chi connectivity index (χ2n) is 7.63. The number of nitrogens with two attached hydrogens (primary N) is 1. The molecule has 0 saturated carbocycles. The Kier molecular flexibility index (Phi) is 4.88. The van der Waals surface area contributed by atoms with Crippen molar-refractivity contribution in [3.8, 4) is 6.01 Å². The lowest BCUT2D eigenvalue weighted by Gasteiger charge is -2.24. The predicted molar refractivity (Wildman–Crippen MR) is 113 cm³/mol. The Morgan fingerprint density at radius 1 is 1.40 bits per heavy atom. The first kappa shape index (κ1) is 20.0. The third-order valence-electron chi connectivity index (χ3n) is 5.55. The van der Waals surface area contributed by atoms with Crippen LogP contribution in [0.15, 0.2) is 12.1 Å². The molecule has 160 valence electrons. The van der Waals surface area contributed by atoms with Gasteiger partial charge in [0.15, 0.2) is 17.5 Å². The molecule has 5 rings (SSSR count). The molecule has 0 spiro atoms. The number of aliphatic hydroxyl groups is 1. The van der Waals surface area contributed by atoms with Crippen molar-refractivity contribution in [2.24, 2.45) is 5.73 Å². The Hall–Kier alpha value is -1.95. The molecule has 0 aliphatic carbocycles. The van der Waals surface area contributed by atoms with E-state index in [4.69, 9.17) is 31.5 Å². The first-order valence-corrected chi connectivity index (χ1v) is 10.8. The van der Waals surface area contributed by atoms with Gasteiger partial charge in [-0.25, -0.2) is 4.98 Å². The molecule has 9 nitrogen and oxygen atoms in total. The Balaban J connectivity index is 1.32. The van der Waals surface area contributed by atoms with Crippen LogP contribution in [0.5, 0.6) is 6.01 Å². The van der Waals surface area contributed by atoms with E-state index in [1.165, 1.54) is 15.3 Å². The maximum atomic E-state index is 9.98. The van der Waals surface area contributed by atoms with Gasteiger partial charge in [-0.2, -0.15) is 4.98 Å². The van der Waals surface area contributed by atoms with Crippen LogP contribution in [0.25, 0.3) is 11.2 Å². The molecule has 30 heavy (non-hydrogen) atoms. The number of halogens is 1. The SMILES string of the molecule is Cc1cc(CNc2nc3nc(O[C@@H]4CO[C@]5(N)[C@H](O)CO[C@H]45)[nH]c3cc2Cl)sc1C. The molecule has 5 heterocycles. The van der Waals surface area contributed by atoms with Crippen molar-refractivity contribution >= 4 is 39.9 Å². The average Bonchev–Trinajstić information content (AvgIpc) is 3.40. The number of aliphatic hydroxyl groups excluding tert-OH is 1. The number of pyridine rings is 1. The summed E-state index contributed by atoms with van der Waals surface area (Å²) in [5.41, 5.74) is 7.25. The van der Waals surface area contributed by atoms with Gasteiger partial charge in [-0.05, 0) is 31.5 Å². The topological polar surface area (TPSA) is 128 Å². The molecular weight excluding hydrogens is 430 g/mol. The Morgan fingerprint density at radius 3 is 3.00 bits per heavy atom. The highest BCUT2D eigenvalue weighted by molar-refractivity contribution is 7.12. The minimum atomic E-state index is -1.26. The van der Waals surface area contributed by atoms with Gasteiger partial charge < -0.3 is 29.6 Å². The second-order valence-corrected chi connectivity index (χ2v) is 9.38. The summed E-state index contributed by atoms with van der Waals surface area (Å²) < 4.78 is 17.0. The van der Waals surface area contributed by atoms with Crippen molar-refractivity contribution in [3.05, 3.63) is 32.5 Å². The molecule has 0 bridgehead atoms. The molecule has 4 atom stereocenters. The zero-order chi connectivity index (χ0) is 21.0. The number of anilines is 1. The molecule has 0 unspecified atom stereocenters. The van der Waals surface area contributed by atoms with E-state index >= 15 is 0 Å². The second kappa shape index (κ2) is 7.33. The number of nitrogens with zero attached hydrogens (tertiary/aromatic N) is 2. The summed E-state index contributed by atoms with van der Waals surface area (Å²) in [5.74, 6) is 0.554. The number of nitrogens with one attached hydrogen (secondary N) is 2. The van der Waals surface area contributed by atoms with Crippen molar-refractivity contribution < 1.29 is 19.3 Å². The molecular formula is C19H22ClN5O4S. The van der Waals surface area contributed by atoms with Gasteiger partial charge in [-0.3, -0.25) is 5.73 Å². The fraction of sp³-hybridized carbons (Fsp3) is 0.474. The van der Waals surface area contributed by atoms with Crippen LogP contribution in [0.1, 0.15) is 15.3 Å². The van der Waals surface area contributed by atoms with Gasteiger partial charge in [0.05, 0.1) is 30.3 Å². The van der Waals surface area contributed by atoms with Crippen molar-refractivity contribution in [2.75, 3.05) is 18.5 Å². The highest BCUT2D eigenvalue weighted by Gasteiger charge is 2.58. The van der Waals surface area contributed by atoms with Crippen LogP contribution in [-0.2, 0) is 16.0 Å².